The lowest BCUT2D eigenvalue weighted by molar-refractivity contribution is -0.123. The van der Waals surface area contributed by atoms with Crippen molar-refractivity contribution >= 4 is 17.5 Å². The molecule has 0 saturated carbocycles. The standard InChI is InChI=1S/C16H20N2O3/c1-11-3-4-13(9-12(11)2)18-15(19)10-14(16(18)20)17-5-7-21-8-6-17/h3-4,9,14H,5-8,10H2,1-2H3/t14-/m1/s1. The number of carbonyl (C=O) groups is 2. The second-order valence-corrected chi connectivity index (χ2v) is 5.70. The summed E-state index contributed by atoms with van der Waals surface area (Å²) < 4.78 is 5.31. The van der Waals surface area contributed by atoms with Gasteiger partial charge in [0.15, 0.2) is 0 Å². The second kappa shape index (κ2) is 5.58. The van der Waals surface area contributed by atoms with Crippen LogP contribution >= 0.6 is 0 Å². The van der Waals surface area contributed by atoms with E-state index in [1.54, 1.807) is 0 Å². The van der Waals surface area contributed by atoms with Gasteiger partial charge in [0.2, 0.25) is 5.91 Å². The van der Waals surface area contributed by atoms with Gasteiger partial charge in [-0.25, -0.2) is 4.90 Å². The Morgan fingerprint density at radius 1 is 1.10 bits per heavy atom. The molecule has 5 heteroatoms. The van der Waals surface area contributed by atoms with Crippen LogP contribution in [0.3, 0.4) is 0 Å². The lowest BCUT2D eigenvalue weighted by atomic mass is 10.1. The predicted molar refractivity (Wildman–Crippen MR) is 79.2 cm³/mol. The summed E-state index contributed by atoms with van der Waals surface area (Å²) in [5, 5.41) is 0. The lowest BCUT2D eigenvalue weighted by Crippen LogP contribution is -2.47. The van der Waals surface area contributed by atoms with Crippen LogP contribution in [-0.4, -0.2) is 49.1 Å². The number of carbonyl (C=O) groups excluding carboxylic acids is 2. The van der Waals surface area contributed by atoms with Crippen molar-refractivity contribution in [2.75, 3.05) is 31.2 Å². The largest absolute Gasteiger partial charge is 0.379 e. The third kappa shape index (κ3) is 2.59. The number of rotatable bonds is 2. The van der Waals surface area contributed by atoms with Crippen molar-refractivity contribution in [3.63, 3.8) is 0 Å². The van der Waals surface area contributed by atoms with Crippen LogP contribution in [0, 0.1) is 13.8 Å². The molecule has 2 aliphatic rings. The molecule has 5 nitrogen and oxygen atoms in total. The van der Waals surface area contributed by atoms with Gasteiger partial charge in [0.05, 0.1) is 31.4 Å². The molecule has 0 spiro atoms. The van der Waals surface area contributed by atoms with E-state index in [-0.39, 0.29) is 24.3 Å². The van der Waals surface area contributed by atoms with Crippen LogP contribution in [0.5, 0.6) is 0 Å². The molecule has 2 fully saturated rings. The first-order chi connectivity index (χ1) is 10.1. The number of anilines is 1. The van der Waals surface area contributed by atoms with Crippen LogP contribution < -0.4 is 4.90 Å². The van der Waals surface area contributed by atoms with Gasteiger partial charge in [-0.05, 0) is 37.1 Å². The van der Waals surface area contributed by atoms with Crippen molar-refractivity contribution in [3.8, 4) is 0 Å². The quantitative estimate of drug-likeness (QED) is 0.769. The maximum absolute atomic E-state index is 12.6. The van der Waals surface area contributed by atoms with E-state index in [1.165, 1.54) is 4.90 Å². The molecule has 0 radical (unpaired) electrons. The number of morpholine rings is 1. The fourth-order valence-corrected chi connectivity index (χ4v) is 2.93. The molecule has 1 aromatic carbocycles. The zero-order valence-electron chi connectivity index (χ0n) is 12.5. The van der Waals surface area contributed by atoms with Gasteiger partial charge in [-0.1, -0.05) is 6.07 Å². The van der Waals surface area contributed by atoms with Gasteiger partial charge in [0, 0.05) is 13.1 Å². The summed E-state index contributed by atoms with van der Waals surface area (Å²) in [6, 6.07) is 5.38. The molecule has 1 atom stereocenters. The van der Waals surface area contributed by atoms with Gasteiger partial charge in [-0.2, -0.15) is 0 Å². The first-order valence-electron chi connectivity index (χ1n) is 7.34. The zero-order valence-corrected chi connectivity index (χ0v) is 12.5. The average molecular weight is 288 g/mol. The zero-order chi connectivity index (χ0) is 15.0. The predicted octanol–water partition coefficient (Wildman–Crippen LogP) is 1.27. The number of hydrogen-bond donors (Lipinski definition) is 0. The van der Waals surface area contributed by atoms with Crippen LogP contribution in [0.4, 0.5) is 5.69 Å². The van der Waals surface area contributed by atoms with Crippen molar-refractivity contribution in [1.29, 1.82) is 0 Å². The molecule has 112 valence electrons. The molecular formula is C16H20N2O3. The SMILES string of the molecule is Cc1ccc(N2C(=O)C[C@@H](N3CCOCC3)C2=O)cc1C. The Kier molecular flexibility index (Phi) is 3.78. The summed E-state index contributed by atoms with van der Waals surface area (Å²) >= 11 is 0. The van der Waals surface area contributed by atoms with E-state index in [1.807, 2.05) is 32.0 Å². The third-order valence-corrected chi connectivity index (χ3v) is 4.36. The minimum Gasteiger partial charge on any atom is -0.379 e. The van der Waals surface area contributed by atoms with Crippen LogP contribution in [0.25, 0.3) is 0 Å². The summed E-state index contributed by atoms with van der Waals surface area (Å²) in [5.41, 5.74) is 2.93. The van der Waals surface area contributed by atoms with Gasteiger partial charge in [-0.3, -0.25) is 14.5 Å². The van der Waals surface area contributed by atoms with E-state index in [0.717, 1.165) is 11.1 Å². The van der Waals surface area contributed by atoms with E-state index < -0.39 is 0 Å². The van der Waals surface area contributed by atoms with Crippen LogP contribution in [0.2, 0.25) is 0 Å². The Morgan fingerprint density at radius 2 is 1.81 bits per heavy atom. The number of aryl methyl sites for hydroxylation is 2. The molecule has 2 saturated heterocycles. The summed E-state index contributed by atoms with van der Waals surface area (Å²) in [6.45, 7) is 6.69. The van der Waals surface area contributed by atoms with Crippen molar-refractivity contribution in [2.45, 2.75) is 26.3 Å². The first kappa shape index (κ1) is 14.2. The molecule has 0 aliphatic carbocycles. The van der Waals surface area contributed by atoms with Gasteiger partial charge < -0.3 is 4.74 Å². The Balaban J connectivity index is 1.84. The molecular weight excluding hydrogens is 268 g/mol. The molecule has 2 amide bonds. The second-order valence-electron chi connectivity index (χ2n) is 5.70. The van der Waals surface area contributed by atoms with Crippen molar-refractivity contribution in [1.82, 2.24) is 4.90 Å². The molecule has 0 N–H and O–H groups in total. The van der Waals surface area contributed by atoms with E-state index in [2.05, 4.69) is 4.90 Å². The number of benzene rings is 1. The number of ether oxygens (including phenoxy) is 1. The van der Waals surface area contributed by atoms with Crippen LogP contribution in [0.1, 0.15) is 17.5 Å². The molecule has 2 aliphatic heterocycles. The Labute approximate surface area is 124 Å². The summed E-state index contributed by atoms with van der Waals surface area (Å²) in [5.74, 6) is -0.218. The highest BCUT2D eigenvalue weighted by atomic mass is 16.5. The smallest absolute Gasteiger partial charge is 0.251 e. The van der Waals surface area contributed by atoms with E-state index in [9.17, 15) is 9.59 Å². The number of nitrogens with zero attached hydrogens (tertiary/aromatic N) is 2. The summed E-state index contributed by atoms with van der Waals surface area (Å²) in [4.78, 5) is 28.3. The number of hydrogen-bond acceptors (Lipinski definition) is 4. The molecule has 0 aromatic heterocycles. The van der Waals surface area contributed by atoms with Gasteiger partial charge in [-0.15, -0.1) is 0 Å². The Morgan fingerprint density at radius 3 is 2.48 bits per heavy atom. The fraction of sp³-hybridized carbons (Fsp3) is 0.500. The average Bonchev–Trinajstić information content (AvgIpc) is 2.78. The lowest BCUT2D eigenvalue weighted by Gasteiger charge is -2.30. The highest BCUT2D eigenvalue weighted by molar-refractivity contribution is 6.22. The Hall–Kier alpha value is -1.72. The topological polar surface area (TPSA) is 49.9 Å². The van der Waals surface area contributed by atoms with E-state index in [4.69, 9.17) is 4.74 Å². The summed E-state index contributed by atoms with van der Waals surface area (Å²) in [7, 11) is 0. The molecule has 2 heterocycles. The monoisotopic (exact) mass is 288 g/mol. The van der Waals surface area contributed by atoms with Crippen molar-refractivity contribution in [3.05, 3.63) is 29.3 Å². The highest BCUT2D eigenvalue weighted by Gasteiger charge is 2.42. The maximum atomic E-state index is 12.6. The summed E-state index contributed by atoms with van der Waals surface area (Å²) in [6.07, 6.45) is 0.270. The molecule has 0 bridgehead atoms. The number of amides is 2. The van der Waals surface area contributed by atoms with Gasteiger partial charge in [0.25, 0.3) is 5.91 Å². The fourth-order valence-electron chi connectivity index (χ4n) is 2.93. The van der Waals surface area contributed by atoms with Crippen molar-refractivity contribution < 1.29 is 14.3 Å². The van der Waals surface area contributed by atoms with Crippen LogP contribution in [-0.2, 0) is 14.3 Å². The maximum Gasteiger partial charge on any atom is 0.251 e. The molecule has 0 unspecified atom stereocenters. The number of imide groups is 1. The minimum absolute atomic E-state index is 0.106. The molecule has 3 rings (SSSR count). The normalized spacial score (nSPS) is 23.9. The van der Waals surface area contributed by atoms with Gasteiger partial charge in [0.1, 0.15) is 0 Å². The van der Waals surface area contributed by atoms with Gasteiger partial charge >= 0.3 is 0 Å². The van der Waals surface area contributed by atoms with E-state index in [0.29, 0.717) is 32.0 Å². The van der Waals surface area contributed by atoms with E-state index >= 15 is 0 Å². The molecule has 21 heavy (non-hydrogen) atoms. The third-order valence-electron chi connectivity index (χ3n) is 4.36. The Bertz CT molecular complexity index is 579. The minimum atomic E-state index is -0.331. The first-order valence-corrected chi connectivity index (χ1v) is 7.34. The van der Waals surface area contributed by atoms with Crippen molar-refractivity contribution in [2.24, 2.45) is 0 Å². The highest BCUT2D eigenvalue weighted by Crippen LogP contribution is 2.27. The van der Waals surface area contributed by atoms with Crippen LogP contribution in [0.15, 0.2) is 18.2 Å². The molecule has 1 aromatic rings.